The number of nitrogens with zero attached hydrogens (tertiary/aromatic N) is 3. The molecule has 7 nitrogen and oxygen atoms in total. The Morgan fingerprint density at radius 3 is 2.28 bits per heavy atom. The molecular formula is C21H27N5O2S. The lowest BCUT2D eigenvalue weighted by molar-refractivity contribution is -0.384. The van der Waals surface area contributed by atoms with E-state index in [4.69, 9.17) is 12.2 Å². The predicted octanol–water partition coefficient (Wildman–Crippen LogP) is 3.26. The number of anilines is 1. The molecule has 29 heavy (non-hydrogen) atoms. The van der Waals surface area contributed by atoms with Crippen molar-refractivity contribution in [1.29, 1.82) is 0 Å². The topological polar surface area (TPSA) is 73.7 Å². The molecular weight excluding hydrogens is 386 g/mol. The summed E-state index contributed by atoms with van der Waals surface area (Å²) >= 11 is 5.50. The van der Waals surface area contributed by atoms with Crippen molar-refractivity contribution in [1.82, 2.24) is 15.1 Å². The molecule has 0 aliphatic carbocycles. The summed E-state index contributed by atoms with van der Waals surface area (Å²) in [6.07, 6.45) is 0. The highest BCUT2D eigenvalue weighted by atomic mass is 32.1. The van der Waals surface area contributed by atoms with E-state index >= 15 is 0 Å². The van der Waals surface area contributed by atoms with Gasteiger partial charge in [0.25, 0.3) is 5.69 Å². The first kappa shape index (κ1) is 21.2. The molecule has 1 saturated heterocycles. The van der Waals surface area contributed by atoms with Crippen LogP contribution < -0.4 is 10.6 Å². The Bertz CT molecular complexity index is 823. The second-order valence-electron chi connectivity index (χ2n) is 7.39. The van der Waals surface area contributed by atoms with E-state index in [0.717, 1.165) is 31.9 Å². The number of likely N-dealkylation sites (N-methyl/N-ethyl adjacent to an activating group) is 1. The van der Waals surface area contributed by atoms with Crippen LogP contribution in [0.25, 0.3) is 0 Å². The number of hydrogen-bond acceptors (Lipinski definition) is 5. The van der Waals surface area contributed by atoms with Gasteiger partial charge >= 0.3 is 0 Å². The zero-order chi connectivity index (χ0) is 20.8. The van der Waals surface area contributed by atoms with E-state index in [1.165, 1.54) is 17.7 Å². The lowest BCUT2D eigenvalue weighted by Gasteiger charge is -2.41. The van der Waals surface area contributed by atoms with Crippen LogP contribution >= 0.6 is 12.2 Å². The fraction of sp³-hybridized carbons (Fsp3) is 0.381. The zero-order valence-electron chi connectivity index (χ0n) is 16.7. The summed E-state index contributed by atoms with van der Waals surface area (Å²) in [5.41, 5.74) is 2.04. The summed E-state index contributed by atoms with van der Waals surface area (Å²) in [5, 5.41) is 17.8. The number of rotatable bonds is 6. The molecule has 0 amide bonds. The van der Waals surface area contributed by atoms with Crippen LogP contribution in [-0.4, -0.2) is 59.1 Å². The molecule has 2 atom stereocenters. The maximum absolute atomic E-state index is 10.8. The molecule has 0 aromatic heterocycles. The number of thiocarbonyl (C=S) groups is 1. The first-order chi connectivity index (χ1) is 13.9. The van der Waals surface area contributed by atoms with Gasteiger partial charge in [-0.25, -0.2) is 0 Å². The Hall–Kier alpha value is -2.55. The van der Waals surface area contributed by atoms with Gasteiger partial charge in [-0.05, 0) is 43.9 Å². The summed E-state index contributed by atoms with van der Waals surface area (Å²) in [6, 6.07) is 17.0. The average molecular weight is 414 g/mol. The SMILES string of the molecule is C[C@H](NC(=S)Nc1ccc([N+](=O)[O-])cc1)[C@H](c1ccccc1)N1CCN(C)CC1. The van der Waals surface area contributed by atoms with Crippen molar-refractivity contribution in [3.05, 3.63) is 70.3 Å². The Morgan fingerprint density at radius 2 is 1.69 bits per heavy atom. The molecule has 3 rings (SSSR count). The van der Waals surface area contributed by atoms with Crippen molar-refractivity contribution in [2.75, 3.05) is 38.5 Å². The molecule has 2 N–H and O–H groups in total. The number of piperazine rings is 1. The molecule has 1 heterocycles. The minimum atomic E-state index is -0.414. The van der Waals surface area contributed by atoms with Crippen molar-refractivity contribution in [2.45, 2.75) is 19.0 Å². The molecule has 0 bridgehead atoms. The van der Waals surface area contributed by atoms with Crippen LogP contribution in [0.5, 0.6) is 0 Å². The quantitative estimate of drug-likeness (QED) is 0.428. The van der Waals surface area contributed by atoms with Gasteiger partial charge in [-0.1, -0.05) is 30.3 Å². The van der Waals surface area contributed by atoms with Crippen LogP contribution in [-0.2, 0) is 0 Å². The molecule has 0 radical (unpaired) electrons. The van der Waals surface area contributed by atoms with Crippen molar-refractivity contribution in [3.8, 4) is 0 Å². The van der Waals surface area contributed by atoms with E-state index in [2.05, 4.69) is 58.7 Å². The smallest absolute Gasteiger partial charge is 0.269 e. The third kappa shape index (κ3) is 5.72. The highest BCUT2D eigenvalue weighted by molar-refractivity contribution is 7.80. The number of non-ortho nitro benzene ring substituents is 1. The van der Waals surface area contributed by atoms with Gasteiger partial charge in [0, 0.05) is 50.0 Å². The molecule has 0 spiro atoms. The predicted molar refractivity (Wildman–Crippen MR) is 120 cm³/mol. The summed E-state index contributed by atoms with van der Waals surface area (Å²) in [5.74, 6) is 0. The highest BCUT2D eigenvalue weighted by Gasteiger charge is 2.28. The number of benzene rings is 2. The van der Waals surface area contributed by atoms with Crippen LogP contribution in [0.2, 0.25) is 0 Å². The minimum Gasteiger partial charge on any atom is -0.358 e. The molecule has 1 aliphatic heterocycles. The van der Waals surface area contributed by atoms with E-state index < -0.39 is 4.92 Å². The second kappa shape index (κ2) is 9.78. The summed E-state index contributed by atoms with van der Waals surface area (Å²) in [6.45, 7) is 6.23. The molecule has 0 unspecified atom stereocenters. The number of nitrogens with one attached hydrogen (secondary N) is 2. The Balaban J connectivity index is 1.68. The van der Waals surface area contributed by atoms with Gasteiger partial charge < -0.3 is 15.5 Å². The highest BCUT2D eigenvalue weighted by Crippen LogP contribution is 2.26. The third-order valence-electron chi connectivity index (χ3n) is 5.24. The molecule has 0 saturated carbocycles. The molecule has 2 aromatic carbocycles. The van der Waals surface area contributed by atoms with Crippen LogP contribution in [0.4, 0.5) is 11.4 Å². The number of nitro groups is 1. The lowest BCUT2D eigenvalue weighted by atomic mass is 9.98. The third-order valence-corrected chi connectivity index (χ3v) is 5.46. The maximum Gasteiger partial charge on any atom is 0.269 e. The van der Waals surface area contributed by atoms with E-state index in [-0.39, 0.29) is 17.8 Å². The first-order valence-corrected chi connectivity index (χ1v) is 10.1. The van der Waals surface area contributed by atoms with Gasteiger partial charge in [-0.3, -0.25) is 15.0 Å². The van der Waals surface area contributed by atoms with Gasteiger partial charge in [-0.15, -0.1) is 0 Å². The van der Waals surface area contributed by atoms with Gasteiger partial charge in [0.05, 0.1) is 11.0 Å². The van der Waals surface area contributed by atoms with Crippen LogP contribution in [0.3, 0.4) is 0 Å². The van der Waals surface area contributed by atoms with Gasteiger partial charge in [-0.2, -0.15) is 0 Å². The van der Waals surface area contributed by atoms with Crippen molar-refractivity contribution in [2.24, 2.45) is 0 Å². The molecule has 154 valence electrons. The number of hydrogen-bond donors (Lipinski definition) is 2. The molecule has 8 heteroatoms. The van der Waals surface area contributed by atoms with E-state index in [0.29, 0.717) is 5.11 Å². The molecule has 2 aromatic rings. The fourth-order valence-electron chi connectivity index (χ4n) is 3.69. The van der Waals surface area contributed by atoms with Crippen molar-refractivity contribution < 1.29 is 4.92 Å². The Labute approximate surface area is 176 Å². The average Bonchev–Trinajstić information content (AvgIpc) is 2.71. The van der Waals surface area contributed by atoms with Crippen LogP contribution in [0.1, 0.15) is 18.5 Å². The minimum absolute atomic E-state index is 0.0574. The normalized spacial score (nSPS) is 17.3. The van der Waals surface area contributed by atoms with Crippen molar-refractivity contribution >= 4 is 28.7 Å². The van der Waals surface area contributed by atoms with Crippen LogP contribution in [0, 0.1) is 10.1 Å². The lowest BCUT2D eigenvalue weighted by Crippen LogP contribution is -2.52. The van der Waals surface area contributed by atoms with E-state index in [1.807, 2.05) is 6.07 Å². The monoisotopic (exact) mass is 413 g/mol. The Kier molecular flexibility index (Phi) is 7.13. The van der Waals surface area contributed by atoms with Gasteiger partial charge in [0.15, 0.2) is 5.11 Å². The number of nitro benzene ring substituents is 1. The van der Waals surface area contributed by atoms with Gasteiger partial charge in [0.2, 0.25) is 0 Å². The van der Waals surface area contributed by atoms with Crippen molar-refractivity contribution in [3.63, 3.8) is 0 Å². The fourth-order valence-corrected chi connectivity index (χ4v) is 3.99. The van der Waals surface area contributed by atoms with E-state index in [1.54, 1.807) is 12.1 Å². The Morgan fingerprint density at radius 1 is 1.07 bits per heavy atom. The zero-order valence-corrected chi connectivity index (χ0v) is 17.6. The maximum atomic E-state index is 10.8. The summed E-state index contributed by atoms with van der Waals surface area (Å²) < 4.78 is 0. The largest absolute Gasteiger partial charge is 0.358 e. The summed E-state index contributed by atoms with van der Waals surface area (Å²) in [7, 11) is 2.15. The van der Waals surface area contributed by atoms with Crippen LogP contribution in [0.15, 0.2) is 54.6 Å². The summed E-state index contributed by atoms with van der Waals surface area (Å²) in [4.78, 5) is 15.2. The second-order valence-corrected chi connectivity index (χ2v) is 7.79. The van der Waals surface area contributed by atoms with Gasteiger partial charge in [0.1, 0.15) is 0 Å². The first-order valence-electron chi connectivity index (χ1n) is 9.73. The molecule has 1 fully saturated rings. The standard InChI is InChI=1S/C21H27N5O2S/c1-16(22-21(29)23-18-8-10-19(11-9-18)26(27)28)20(17-6-4-3-5-7-17)25-14-12-24(2)13-15-25/h3-11,16,20H,12-15H2,1-2H3,(H2,22,23,29)/t16-,20+/m0/s1. The van der Waals surface area contributed by atoms with E-state index in [9.17, 15) is 10.1 Å². The molecule has 1 aliphatic rings.